The standard InChI is InChI=1S/C11H15BrCl2N2/c1-3-11(6-13,7-14)16-10-9(12)8(2)4-5-15-10/h4-5H,3,6-7H2,1-2H3,(H,15,16). The average molecular weight is 326 g/mol. The van der Waals surface area contributed by atoms with Crippen molar-refractivity contribution in [3.05, 3.63) is 22.3 Å². The normalized spacial score (nSPS) is 11.6. The van der Waals surface area contributed by atoms with Gasteiger partial charge in [-0.15, -0.1) is 23.2 Å². The van der Waals surface area contributed by atoms with Crippen LogP contribution >= 0.6 is 39.1 Å². The Balaban J connectivity index is 2.98. The highest BCUT2D eigenvalue weighted by molar-refractivity contribution is 9.10. The lowest BCUT2D eigenvalue weighted by Crippen LogP contribution is -2.42. The second-order valence-corrected chi connectivity index (χ2v) is 5.14. The lowest BCUT2D eigenvalue weighted by molar-refractivity contribution is 0.557. The maximum Gasteiger partial charge on any atom is 0.141 e. The van der Waals surface area contributed by atoms with E-state index in [-0.39, 0.29) is 5.54 Å². The first-order valence-corrected chi connectivity index (χ1v) is 6.96. The Labute approximate surface area is 115 Å². The van der Waals surface area contributed by atoms with Gasteiger partial charge in [-0.1, -0.05) is 6.92 Å². The van der Waals surface area contributed by atoms with E-state index >= 15 is 0 Å². The van der Waals surface area contributed by atoms with Crippen molar-refractivity contribution in [2.75, 3.05) is 17.1 Å². The van der Waals surface area contributed by atoms with Gasteiger partial charge < -0.3 is 5.32 Å². The van der Waals surface area contributed by atoms with Gasteiger partial charge in [-0.2, -0.15) is 0 Å². The molecule has 0 unspecified atom stereocenters. The minimum atomic E-state index is -0.299. The summed E-state index contributed by atoms with van der Waals surface area (Å²) in [6.45, 7) is 4.08. The molecular weight excluding hydrogens is 311 g/mol. The van der Waals surface area contributed by atoms with Gasteiger partial charge in [0.25, 0.3) is 0 Å². The summed E-state index contributed by atoms with van der Waals surface area (Å²) in [5.41, 5.74) is 0.832. The monoisotopic (exact) mass is 324 g/mol. The molecule has 0 atom stereocenters. The molecule has 16 heavy (non-hydrogen) atoms. The zero-order valence-electron chi connectivity index (χ0n) is 9.36. The summed E-state index contributed by atoms with van der Waals surface area (Å²) < 4.78 is 0.961. The number of halogens is 3. The van der Waals surface area contributed by atoms with Crippen LogP contribution in [0.25, 0.3) is 0 Å². The molecule has 1 rings (SSSR count). The van der Waals surface area contributed by atoms with Crippen molar-refractivity contribution in [2.24, 2.45) is 0 Å². The van der Waals surface area contributed by atoms with Crippen molar-refractivity contribution in [3.63, 3.8) is 0 Å². The van der Waals surface area contributed by atoms with E-state index in [1.807, 2.05) is 13.0 Å². The van der Waals surface area contributed by atoms with Gasteiger partial charge in [-0.25, -0.2) is 4.98 Å². The van der Waals surface area contributed by atoms with Crippen LogP contribution in [0.5, 0.6) is 0 Å². The summed E-state index contributed by atoms with van der Waals surface area (Å²) in [7, 11) is 0. The van der Waals surface area contributed by atoms with E-state index in [4.69, 9.17) is 23.2 Å². The first-order chi connectivity index (χ1) is 7.58. The van der Waals surface area contributed by atoms with Crippen LogP contribution in [0.1, 0.15) is 18.9 Å². The van der Waals surface area contributed by atoms with Gasteiger partial charge in [0, 0.05) is 18.0 Å². The molecule has 0 aliphatic heterocycles. The predicted octanol–water partition coefficient (Wildman–Crippen LogP) is 4.19. The molecule has 0 aliphatic carbocycles. The number of aryl methyl sites for hydroxylation is 1. The van der Waals surface area contributed by atoms with Crippen molar-refractivity contribution in [1.29, 1.82) is 0 Å². The van der Waals surface area contributed by atoms with Gasteiger partial charge in [0.2, 0.25) is 0 Å². The van der Waals surface area contributed by atoms with Crippen LogP contribution < -0.4 is 5.32 Å². The van der Waals surface area contributed by atoms with Crippen LogP contribution in [0.2, 0.25) is 0 Å². The number of hydrogen-bond donors (Lipinski definition) is 1. The fourth-order valence-electron chi connectivity index (χ4n) is 1.26. The Morgan fingerprint density at radius 1 is 1.44 bits per heavy atom. The largest absolute Gasteiger partial charge is 0.361 e. The predicted molar refractivity (Wildman–Crippen MR) is 74.8 cm³/mol. The van der Waals surface area contributed by atoms with Gasteiger partial charge in [0.05, 0.1) is 10.0 Å². The molecule has 1 aromatic heterocycles. The van der Waals surface area contributed by atoms with Gasteiger partial charge in [-0.05, 0) is 40.9 Å². The van der Waals surface area contributed by atoms with Crippen LogP contribution in [-0.4, -0.2) is 22.3 Å². The van der Waals surface area contributed by atoms with Crippen LogP contribution in [-0.2, 0) is 0 Å². The van der Waals surface area contributed by atoms with Gasteiger partial charge in [0.15, 0.2) is 0 Å². The lowest BCUT2D eigenvalue weighted by atomic mass is 10.0. The zero-order valence-corrected chi connectivity index (χ0v) is 12.5. The Morgan fingerprint density at radius 3 is 2.56 bits per heavy atom. The van der Waals surface area contributed by atoms with Gasteiger partial charge in [0.1, 0.15) is 5.82 Å². The number of anilines is 1. The number of rotatable bonds is 5. The smallest absolute Gasteiger partial charge is 0.141 e. The van der Waals surface area contributed by atoms with Crippen LogP contribution in [0.4, 0.5) is 5.82 Å². The van der Waals surface area contributed by atoms with E-state index in [0.717, 1.165) is 22.3 Å². The molecule has 0 aliphatic rings. The second kappa shape index (κ2) is 6.08. The molecule has 5 heteroatoms. The third-order valence-electron chi connectivity index (χ3n) is 2.65. The quantitative estimate of drug-likeness (QED) is 0.821. The molecule has 0 aromatic carbocycles. The molecule has 2 nitrogen and oxygen atoms in total. The molecule has 1 heterocycles. The molecular formula is C11H15BrCl2N2. The Kier molecular flexibility index (Phi) is 5.35. The maximum atomic E-state index is 5.98. The topological polar surface area (TPSA) is 24.9 Å². The fraction of sp³-hybridized carbons (Fsp3) is 0.545. The minimum absolute atomic E-state index is 0.299. The molecule has 0 fully saturated rings. The van der Waals surface area contributed by atoms with E-state index in [2.05, 4.69) is 33.2 Å². The Morgan fingerprint density at radius 2 is 2.06 bits per heavy atom. The summed E-state index contributed by atoms with van der Waals surface area (Å²) in [5, 5.41) is 3.33. The molecule has 0 saturated heterocycles. The molecule has 1 N–H and O–H groups in total. The summed E-state index contributed by atoms with van der Waals surface area (Å²) in [6.07, 6.45) is 2.62. The summed E-state index contributed by atoms with van der Waals surface area (Å²) in [4.78, 5) is 4.29. The minimum Gasteiger partial charge on any atom is -0.361 e. The van der Waals surface area contributed by atoms with E-state index in [0.29, 0.717) is 11.8 Å². The van der Waals surface area contributed by atoms with Gasteiger partial charge >= 0.3 is 0 Å². The van der Waals surface area contributed by atoms with Crippen LogP contribution in [0.3, 0.4) is 0 Å². The number of pyridine rings is 1. The molecule has 1 aromatic rings. The van der Waals surface area contributed by atoms with E-state index in [9.17, 15) is 0 Å². The van der Waals surface area contributed by atoms with Crippen molar-refractivity contribution in [3.8, 4) is 0 Å². The van der Waals surface area contributed by atoms with Crippen LogP contribution in [0.15, 0.2) is 16.7 Å². The lowest BCUT2D eigenvalue weighted by Gasteiger charge is -2.30. The Bertz CT molecular complexity index is 346. The van der Waals surface area contributed by atoms with Gasteiger partial charge in [-0.3, -0.25) is 0 Å². The zero-order chi connectivity index (χ0) is 12.2. The second-order valence-electron chi connectivity index (χ2n) is 3.82. The molecule has 0 radical (unpaired) electrons. The van der Waals surface area contributed by atoms with E-state index in [1.165, 1.54) is 0 Å². The summed E-state index contributed by atoms with van der Waals surface area (Å²) in [5.74, 6) is 1.70. The number of aromatic nitrogens is 1. The molecule has 90 valence electrons. The Hall–Kier alpha value is 0.01000. The first-order valence-electron chi connectivity index (χ1n) is 5.10. The average Bonchev–Trinajstić information content (AvgIpc) is 2.32. The SMILES string of the molecule is CCC(CCl)(CCl)Nc1nccc(C)c1Br. The molecule has 0 amide bonds. The third kappa shape index (κ3) is 3.02. The van der Waals surface area contributed by atoms with Crippen molar-refractivity contribution < 1.29 is 0 Å². The summed E-state index contributed by atoms with van der Waals surface area (Å²) >= 11 is 15.5. The van der Waals surface area contributed by atoms with Crippen molar-refractivity contribution in [1.82, 2.24) is 4.98 Å². The van der Waals surface area contributed by atoms with Crippen LogP contribution in [0, 0.1) is 6.92 Å². The van der Waals surface area contributed by atoms with Crippen molar-refractivity contribution >= 4 is 44.9 Å². The highest BCUT2D eigenvalue weighted by Gasteiger charge is 2.27. The first kappa shape index (κ1) is 14.1. The highest BCUT2D eigenvalue weighted by atomic mass is 79.9. The number of nitrogens with one attached hydrogen (secondary N) is 1. The maximum absolute atomic E-state index is 5.98. The van der Waals surface area contributed by atoms with E-state index in [1.54, 1.807) is 6.20 Å². The number of nitrogens with zero attached hydrogens (tertiary/aromatic N) is 1. The molecule has 0 spiro atoms. The summed E-state index contributed by atoms with van der Waals surface area (Å²) in [6, 6.07) is 1.95. The third-order valence-corrected chi connectivity index (χ3v) is 4.68. The highest BCUT2D eigenvalue weighted by Crippen LogP contribution is 2.28. The molecule has 0 bridgehead atoms. The number of hydrogen-bond acceptors (Lipinski definition) is 2. The van der Waals surface area contributed by atoms with E-state index < -0.39 is 0 Å². The fourth-order valence-corrected chi connectivity index (χ4v) is 2.39. The van der Waals surface area contributed by atoms with Crippen molar-refractivity contribution in [2.45, 2.75) is 25.8 Å². The molecule has 0 saturated carbocycles. The number of alkyl halides is 2.